The number of rotatable bonds is 6. The summed E-state index contributed by atoms with van der Waals surface area (Å²) in [4.78, 5) is 10.3. The van der Waals surface area contributed by atoms with Crippen LogP contribution in [0.4, 0.5) is 10.7 Å². The van der Waals surface area contributed by atoms with Crippen LogP contribution in [0.2, 0.25) is 0 Å². The van der Waals surface area contributed by atoms with Crippen molar-refractivity contribution in [1.82, 2.24) is 9.59 Å². The fourth-order valence-electron chi connectivity index (χ4n) is 1.49. The van der Waals surface area contributed by atoms with Crippen molar-refractivity contribution in [2.24, 2.45) is 0 Å². The average molecular weight is 359 g/mol. The maximum absolute atomic E-state index is 10.8. The molecule has 0 amide bonds. The van der Waals surface area contributed by atoms with Gasteiger partial charge in [0.25, 0.3) is 5.69 Å². The van der Waals surface area contributed by atoms with Gasteiger partial charge in [-0.05, 0) is 13.0 Å². The number of nitrogens with one attached hydrogen (secondary N) is 1. The van der Waals surface area contributed by atoms with Gasteiger partial charge in [0, 0.05) is 28.6 Å². The Morgan fingerprint density at radius 3 is 3.00 bits per heavy atom. The predicted molar refractivity (Wildman–Crippen MR) is 79.2 cm³/mol. The number of ether oxygens (including phenoxy) is 1. The van der Waals surface area contributed by atoms with E-state index in [0.29, 0.717) is 15.9 Å². The smallest absolute Gasteiger partial charge is 0.274 e. The summed E-state index contributed by atoms with van der Waals surface area (Å²) in [5.74, 6) is 0.404. The van der Waals surface area contributed by atoms with Gasteiger partial charge in [0.1, 0.15) is 23.1 Å². The third-order valence-electron chi connectivity index (χ3n) is 2.34. The van der Waals surface area contributed by atoms with Crippen LogP contribution in [0.25, 0.3) is 0 Å². The van der Waals surface area contributed by atoms with Crippen molar-refractivity contribution < 1.29 is 9.66 Å². The van der Waals surface area contributed by atoms with Crippen molar-refractivity contribution in [3.05, 3.63) is 38.5 Å². The predicted octanol–water partition coefficient (Wildman–Crippen LogP) is 3.22. The van der Waals surface area contributed by atoms with E-state index in [-0.39, 0.29) is 12.3 Å². The minimum atomic E-state index is -0.466. The molecule has 0 saturated carbocycles. The molecule has 2 rings (SSSR count). The summed E-state index contributed by atoms with van der Waals surface area (Å²) in [7, 11) is 0. The number of anilines is 1. The number of hydrogen-bond acceptors (Lipinski definition) is 7. The van der Waals surface area contributed by atoms with Crippen LogP contribution >= 0.6 is 27.5 Å². The van der Waals surface area contributed by atoms with E-state index in [1.807, 2.05) is 6.92 Å². The summed E-state index contributed by atoms with van der Waals surface area (Å²) < 4.78 is 9.97. The highest BCUT2D eigenvalue weighted by Crippen LogP contribution is 2.27. The van der Waals surface area contributed by atoms with Crippen molar-refractivity contribution >= 4 is 38.2 Å². The number of hydrogen-bond donors (Lipinski definition) is 1. The highest BCUT2D eigenvalue weighted by Gasteiger charge is 2.12. The zero-order valence-corrected chi connectivity index (χ0v) is 12.9. The second-order valence-corrected chi connectivity index (χ2v) is 5.44. The Balaban J connectivity index is 2.10. The monoisotopic (exact) mass is 358 g/mol. The van der Waals surface area contributed by atoms with Crippen LogP contribution in [0.1, 0.15) is 12.6 Å². The van der Waals surface area contributed by atoms with Crippen LogP contribution < -0.4 is 10.1 Å². The summed E-state index contributed by atoms with van der Waals surface area (Å²) in [6.45, 7) is 2.94. The molecule has 1 N–H and O–H groups in total. The van der Waals surface area contributed by atoms with E-state index in [4.69, 9.17) is 4.74 Å². The standard InChI is InChI=1S/C11H11BrN4O3S/c1-2-13-11-10(14-15-20-11)6-19-9-4-7(12)3-8(5-9)16(17)18/h3-5,13H,2,6H2,1H3. The topological polar surface area (TPSA) is 90.2 Å². The van der Waals surface area contributed by atoms with E-state index < -0.39 is 4.92 Å². The Bertz CT molecular complexity index is 619. The van der Waals surface area contributed by atoms with Gasteiger partial charge in [0.15, 0.2) is 0 Å². The fourth-order valence-corrected chi connectivity index (χ4v) is 2.58. The molecule has 1 heterocycles. The average Bonchev–Trinajstić information content (AvgIpc) is 2.83. The Morgan fingerprint density at radius 1 is 1.50 bits per heavy atom. The van der Waals surface area contributed by atoms with Gasteiger partial charge >= 0.3 is 0 Å². The van der Waals surface area contributed by atoms with Crippen LogP contribution in [0.15, 0.2) is 22.7 Å². The van der Waals surface area contributed by atoms with Gasteiger partial charge in [-0.3, -0.25) is 10.1 Å². The van der Waals surface area contributed by atoms with E-state index in [9.17, 15) is 10.1 Å². The Kier molecular flexibility index (Phi) is 4.85. The number of benzene rings is 1. The van der Waals surface area contributed by atoms with Crippen LogP contribution in [-0.2, 0) is 6.61 Å². The fraction of sp³-hybridized carbons (Fsp3) is 0.273. The highest BCUT2D eigenvalue weighted by atomic mass is 79.9. The third-order valence-corrected chi connectivity index (χ3v) is 3.52. The highest BCUT2D eigenvalue weighted by molar-refractivity contribution is 9.10. The Hall–Kier alpha value is -1.74. The number of nitro benzene ring substituents is 1. The van der Waals surface area contributed by atoms with Gasteiger partial charge in [-0.1, -0.05) is 20.4 Å². The van der Waals surface area contributed by atoms with Crippen LogP contribution in [0.3, 0.4) is 0 Å². The van der Waals surface area contributed by atoms with Gasteiger partial charge in [-0.15, -0.1) is 5.10 Å². The zero-order chi connectivity index (χ0) is 14.5. The maximum Gasteiger partial charge on any atom is 0.274 e. The van der Waals surface area contributed by atoms with Crippen molar-refractivity contribution in [2.45, 2.75) is 13.5 Å². The molecule has 0 saturated heterocycles. The van der Waals surface area contributed by atoms with Gasteiger partial charge in [-0.2, -0.15) is 0 Å². The molecule has 0 aliphatic heterocycles. The largest absolute Gasteiger partial charge is 0.487 e. The molecule has 9 heteroatoms. The zero-order valence-electron chi connectivity index (χ0n) is 10.5. The SMILES string of the molecule is CCNc1snnc1COc1cc(Br)cc([N+](=O)[O-])c1. The molecular weight excluding hydrogens is 348 g/mol. The first kappa shape index (κ1) is 14.7. The van der Waals surface area contributed by atoms with Gasteiger partial charge in [-0.25, -0.2) is 0 Å². The van der Waals surface area contributed by atoms with Crippen molar-refractivity contribution in [3.8, 4) is 5.75 Å². The number of aromatic nitrogens is 2. The van der Waals surface area contributed by atoms with E-state index in [0.717, 1.165) is 11.5 Å². The van der Waals surface area contributed by atoms with E-state index in [1.54, 1.807) is 6.07 Å². The molecule has 0 fully saturated rings. The van der Waals surface area contributed by atoms with Crippen LogP contribution in [0.5, 0.6) is 5.75 Å². The molecule has 0 bridgehead atoms. The summed E-state index contributed by atoms with van der Waals surface area (Å²) in [5, 5.41) is 18.7. The molecule has 0 radical (unpaired) electrons. The Morgan fingerprint density at radius 2 is 2.30 bits per heavy atom. The Labute approximate surface area is 127 Å². The molecule has 1 aromatic heterocycles. The van der Waals surface area contributed by atoms with Crippen molar-refractivity contribution in [3.63, 3.8) is 0 Å². The molecule has 1 aromatic carbocycles. The lowest BCUT2D eigenvalue weighted by atomic mass is 10.3. The number of non-ortho nitro benzene ring substituents is 1. The lowest BCUT2D eigenvalue weighted by molar-refractivity contribution is -0.385. The molecule has 7 nitrogen and oxygen atoms in total. The van der Waals surface area contributed by atoms with Crippen LogP contribution in [-0.4, -0.2) is 21.1 Å². The molecule has 0 unspecified atom stereocenters. The van der Waals surface area contributed by atoms with Crippen LogP contribution in [0, 0.1) is 10.1 Å². The summed E-state index contributed by atoms with van der Waals surface area (Å²) >= 11 is 4.47. The van der Waals surface area contributed by atoms with E-state index in [1.165, 1.54) is 23.7 Å². The maximum atomic E-state index is 10.8. The molecule has 0 spiro atoms. The third kappa shape index (κ3) is 3.64. The first-order chi connectivity index (χ1) is 9.60. The lowest BCUT2D eigenvalue weighted by Gasteiger charge is -2.06. The number of nitro groups is 1. The first-order valence-corrected chi connectivity index (χ1v) is 7.29. The molecule has 0 aliphatic rings. The van der Waals surface area contributed by atoms with E-state index >= 15 is 0 Å². The summed E-state index contributed by atoms with van der Waals surface area (Å²) in [6, 6.07) is 4.46. The minimum absolute atomic E-state index is 0.0299. The molecular formula is C11H11BrN4O3S. The summed E-state index contributed by atoms with van der Waals surface area (Å²) in [5.41, 5.74) is 0.650. The number of halogens is 1. The van der Waals surface area contributed by atoms with Gasteiger partial charge < -0.3 is 10.1 Å². The quantitative estimate of drug-likeness (QED) is 0.629. The molecule has 2 aromatic rings. The minimum Gasteiger partial charge on any atom is -0.487 e. The molecule has 0 atom stereocenters. The molecule has 20 heavy (non-hydrogen) atoms. The molecule has 106 valence electrons. The van der Waals surface area contributed by atoms with E-state index in [2.05, 4.69) is 30.8 Å². The summed E-state index contributed by atoms with van der Waals surface area (Å²) in [6.07, 6.45) is 0. The van der Waals surface area contributed by atoms with Crippen molar-refractivity contribution in [2.75, 3.05) is 11.9 Å². The van der Waals surface area contributed by atoms with Gasteiger partial charge in [0.2, 0.25) is 0 Å². The lowest BCUT2D eigenvalue weighted by Crippen LogP contribution is -2.02. The van der Waals surface area contributed by atoms with Gasteiger partial charge in [0.05, 0.1) is 11.0 Å². The normalized spacial score (nSPS) is 10.3. The molecule has 0 aliphatic carbocycles. The first-order valence-electron chi connectivity index (χ1n) is 5.73. The second kappa shape index (κ2) is 6.62. The second-order valence-electron chi connectivity index (χ2n) is 3.77. The van der Waals surface area contributed by atoms with Crippen molar-refractivity contribution in [1.29, 1.82) is 0 Å². The number of nitrogens with zero attached hydrogens (tertiary/aromatic N) is 3.